The Bertz CT molecular complexity index is 255. The van der Waals surface area contributed by atoms with Crippen LogP contribution in [0.25, 0.3) is 0 Å². The van der Waals surface area contributed by atoms with E-state index in [0.717, 1.165) is 0 Å². The smallest absolute Gasteiger partial charge is 0.357 e. The van der Waals surface area contributed by atoms with Crippen molar-refractivity contribution in [2.24, 2.45) is 0 Å². The molecule has 60 valence electrons. The van der Waals surface area contributed by atoms with Crippen LogP contribution in [0.2, 0.25) is 0 Å². The van der Waals surface area contributed by atoms with E-state index in [1.165, 1.54) is 6.20 Å². The number of aliphatic carboxylic acids is 1. The van der Waals surface area contributed by atoms with E-state index < -0.39 is 5.97 Å². The van der Waals surface area contributed by atoms with Gasteiger partial charge in [0.05, 0.1) is 0 Å². The van der Waals surface area contributed by atoms with Gasteiger partial charge in [-0.15, -0.1) is 0 Å². The molecule has 1 aliphatic heterocycles. The minimum atomic E-state index is -1.20. The number of rotatable bonds is 1. The summed E-state index contributed by atoms with van der Waals surface area (Å²) in [5.74, 6) is -1.56. The lowest BCUT2D eigenvalue weighted by Crippen LogP contribution is -2.29. The van der Waals surface area contributed by atoms with Crippen LogP contribution in [0.3, 0.4) is 0 Å². The first-order valence-electron chi connectivity index (χ1n) is 2.98. The van der Waals surface area contributed by atoms with E-state index in [1.807, 2.05) is 0 Å². The van der Waals surface area contributed by atoms with Crippen LogP contribution in [0.15, 0.2) is 23.5 Å². The number of allylic oxidation sites excluding steroid dienone is 1. The van der Waals surface area contributed by atoms with Crippen LogP contribution in [-0.4, -0.2) is 16.2 Å². The first-order valence-corrected chi connectivity index (χ1v) is 2.98. The molecule has 0 aromatic heterocycles. The van der Waals surface area contributed by atoms with Crippen molar-refractivity contribution in [2.75, 3.05) is 0 Å². The summed E-state index contributed by atoms with van der Waals surface area (Å²) in [6, 6.07) is 0. The van der Waals surface area contributed by atoms with E-state index in [1.54, 1.807) is 6.92 Å². The molecule has 1 rings (SSSR count). The molecule has 0 amide bonds. The number of carboxylic acids is 1. The Hall–Kier alpha value is -1.65. The number of aliphatic hydroxyl groups excluding tert-OH is 1. The molecule has 1 aliphatic rings. The summed E-state index contributed by atoms with van der Waals surface area (Å²) >= 11 is 0. The fraction of sp³-hybridized carbons (Fsp3) is 0.167. The van der Waals surface area contributed by atoms with Gasteiger partial charge in [0.2, 0.25) is 5.88 Å². The summed E-state index contributed by atoms with van der Waals surface area (Å²) in [5.41, 5.74) is 0.420. The van der Waals surface area contributed by atoms with E-state index in [2.05, 4.69) is 10.6 Å². The van der Waals surface area contributed by atoms with Crippen molar-refractivity contribution in [1.29, 1.82) is 0 Å². The van der Waals surface area contributed by atoms with Gasteiger partial charge in [-0.1, -0.05) is 0 Å². The summed E-state index contributed by atoms with van der Waals surface area (Å²) < 4.78 is 0. The van der Waals surface area contributed by atoms with Gasteiger partial charge in [-0.25, -0.2) is 4.79 Å². The summed E-state index contributed by atoms with van der Waals surface area (Å²) in [4.78, 5) is 10.3. The second-order valence-corrected chi connectivity index (χ2v) is 2.13. The Morgan fingerprint density at radius 3 is 2.73 bits per heavy atom. The first kappa shape index (κ1) is 7.46. The summed E-state index contributed by atoms with van der Waals surface area (Å²) in [7, 11) is 0. The van der Waals surface area contributed by atoms with Crippen LogP contribution in [0.5, 0.6) is 0 Å². The molecule has 0 aromatic rings. The lowest BCUT2D eigenvalue weighted by Gasteiger charge is -2.14. The van der Waals surface area contributed by atoms with Crippen molar-refractivity contribution in [3.63, 3.8) is 0 Å². The molecule has 0 spiro atoms. The zero-order valence-electron chi connectivity index (χ0n) is 5.88. The van der Waals surface area contributed by atoms with Crippen LogP contribution < -0.4 is 10.6 Å². The second kappa shape index (κ2) is 2.53. The highest BCUT2D eigenvalue weighted by Gasteiger charge is 2.16. The molecule has 0 atom stereocenters. The highest BCUT2D eigenvalue weighted by Crippen LogP contribution is 2.03. The topological polar surface area (TPSA) is 81.6 Å². The van der Waals surface area contributed by atoms with E-state index in [-0.39, 0.29) is 11.6 Å². The van der Waals surface area contributed by atoms with Crippen LogP contribution in [0.1, 0.15) is 6.92 Å². The fourth-order valence-corrected chi connectivity index (χ4v) is 0.697. The largest absolute Gasteiger partial charge is 0.493 e. The molecule has 0 saturated carbocycles. The van der Waals surface area contributed by atoms with Gasteiger partial charge in [0.1, 0.15) is 0 Å². The number of aliphatic hydroxyl groups is 1. The molecule has 1 heterocycles. The van der Waals surface area contributed by atoms with Crippen LogP contribution in [0.4, 0.5) is 0 Å². The SMILES string of the molecule is CC1=CNC(C(=O)O)=C(O)N1. The summed E-state index contributed by atoms with van der Waals surface area (Å²) in [5, 5.41) is 22.3. The normalized spacial score (nSPS) is 16.6. The third-order valence-corrected chi connectivity index (χ3v) is 1.20. The highest BCUT2D eigenvalue weighted by molar-refractivity contribution is 5.86. The zero-order valence-corrected chi connectivity index (χ0v) is 5.88. The van der Waals surface area contributed by atoms with Gasteiger partial charge in [0, 0.05) is 11.9 Å². The molecule has 0 aliphatic carbocycles. The Labute approximate surface area is 63.0 Å². The van der Waals surface area contributed by atoms with Gasteiger partial charge < -0.3 is 20.8 Å². The maximum absolute atomic E-state index is 10.3. The molecular weight excluding hydrogens is 148 g/mol. The third-order valence-electron chi connectivity index (χ3n) is 1.20. The maximum Gasteiger partial charge on any atom is 0.357 e. The van der Waals surface area contributed by atoms with Crippen molar-refractivity contribution >= 4 is 5.97 Å². The lowest BCUT2D eigenvalue weighted by molar-refractivity contribution is -0.133. The number of carbonyl (C=O) groups is 1. The Morgan fingerprint density at radius 1 is 1.64 bits per heavy atom. The minimum absolute atomic E-state index is 0.240. The predicted molar refractivity (Wildman–Crippen MR) is 37.3 cm³/mol. The monoisotopic (exact) mass is 156 g/mol. The van der Waals surface area contributed by atoms with Crippen molar-refractivity contribution in [3.05, 3.63) is 23.5 Å². The molecule has 0 radical (unpaired) electrons. The number of carboxylic acid groups (broad SMARTS) is 1. The second-order valence-electron chi connectivity index (χ2n) is 2.13. The quantitative estimate of drug-likeness (QED) is 0.424. The maximum atomic E-state index is 10.3. The molecule has 0 saturated heterocycles. The molecule has 11 heavy (non-hydrogen) atoms. The Kier molecular flexibility index (Phi) is 1.72. The van der Waals surface area contributed by atoms with Crippen molar-refractivity contribution in [2.45, 2.75) is 6.92 Å². The van der Waals surface area contributed by atoms with Gasteiger partial charge >= 0.3 is 5.97 Å². The van der Waals surface area contributed by atoms with E-state index >= 15 is 0 Å². The standard InChI is InChI=1S/C6H8N2O3/c1-3-2-7-4(6(10)11)5(9)8-3/h2,7-9H,1H3,(H,10,11). The van der Waals surface area contributed by atoms with Gasteiger partial charge in [-0.05, 0) is 6.92 Å². The number of hydrogen-bond donors (Lipinski definition) is 4. The fourth-order valence-electron chi connectivity index (χ4n) is 0.697. The molecule has 4 N–H and O–H groups in total. The van der Waals surface area contributed by atoms with E-state index in [0.29, 0.717) is 5.70 Å². The highest BCUT2D eigenvalue weighted by atomic mass is 16.4. The lowest BCUT2D eigenvalue weighted by atomic mass is 10.3. The summed E-state index contributed by atoms with van der Waals surface area (Å²) in [6.45, 7) is 1.70. The number of nitrogens with one attached hydrogen (secondary N) is 2. The third kappa shape index (κ3) is 1.43. The molecule has 0 bridgehead atoms. The van der Waals surface area contributed by atoms with Crippen molar-refractivity contribution in [1.82, 2.24) is 10.6 Å². The number of hydrogen-bond acceptors (Lipinski definition) is 4. The van der Waals surface area contributed by atoms with Crippen molar-refractivity contribution < 1.29 is 15.0 Å². The van der Waals surface area contributed by atoms with Gasteiger partial charge in [0.15, 0.2) is 5.70 Å². The van der Waals surface area contributed by atoms with Crippen LogP contribution >= 0.6 is 0 Å². The van der Waals surface area contributed by atoms with Crippen LogP contribution in [-0.2, 0) is 4.79 Å². The average molecular weight is 156 g/mol. The average Bonchev–Trinajstić information content (AvgIpc) is 1.85. The van der Waals surface area contributed by atoms with Gasteiger partial charge in [-0.2, -0.15) is 0 Å². The molecule has 0 fully saturated rings. The molecular formula is C6H8N2O3. The predicted octanol–water partition coefficient (Wildman–Crippen LogP) is -0.148. The Balaban J connectivity index is 2.83. The Morgan fingerprint density at radius 2 is 2.27 bits per heavy atom. The minimum Gasteiger partial charge on any atom is -0.493 e. The van der Waals surface area contributed by atoms with E-state index in [4.69, 9.17) is 10.2 Å². The molecule has 5 nitrogen and oxygen atoms in total. The van der Waals surface area contributed by atoms with Gasteiger partial charge in [0.25, 0.3) is 0 Å². The molecule has 0 aromatic carbocycles. The first-order chi connectivity index (χ1) is 5.11. The summed E-state index contributed by atoms with van der Waals surface area (Å²) in [6.07, 6.45) is 1.46. The van der Waals surface area contributed by atoms with Crippen molar-refractivity contribution in [3.8, 4) is 0 Å². The van der Waals surface area contributed by atoms with Gasteiger partial charge in [-0.3, -0.25) is 0 Å². The van der Waals surface area contributed by atoms with E-state index in [9.17, 15) is 4.79 Å². The molecule has 5 heteroatoms. The zero-order chi connectivity index (χ0) is 8.43. The molecule has 0 unspecified atom stereocenters. The van der Waals surface area contributed by atoms with Crippen LogP contribution in [0, 0.1) is 0 Å².